The van der Waals surface area contributed by atoms with Crippen LogP contribution in [0.1, 0.15) is 18.4 Å². The van der Waals surface area contributed by atoms with Gasteiger partial charge in [0.25, 0.3) is 0 Å². The number of carboxylic acid groups (broad SMARTS) is 2. The zero-order valence-corrected chi connectivity index (χ0v) is 12.0. The van der Waals surface area contributed by atoms with Gasteiger partial charge in [0, 0.05) is 12.6 Å². The van der Waals surface area contributed by atoms with Crippen molar-refractivity contribution in [3.8, 4) is 5.75 Å². The largest absolute Gasteiger partial charge is 0.545 e. The van der Waals surface area contributed by atoms with Gasteiger partial charge in [0.1, 0.15) is 11.7 Å². The number of nitrogens with zero attached hydrogens (tertiary/aromatic N) is 1. The van der Waals surface area contributed by atoms with Crippen LogP contribution in [0.5, 0.6) is 5.75 Å². The molecule has 0 radical (unpaired) electrons. The van der Waals surface area contributed by atoms with E-state index < -0.39 is 23.9 Å². The highest BCUT2D eigenvalue weighted by Crippen LogP contribution is 2.43. The molecule has 1 aromatic carbocycles. The van der Waals surface area contributed by atoms with Crippen molar-refractivity contribution in [2.45, 2.75) is 18.9 Å². The Morgan fingerprint density at radius 1 is 1.36 bits per heavy atom. The lowest BCUT2D eigenvalue weighted by Gasteiger charge is -2.23. The van der Waals surface area contributed by atoms with Gasteiger partial charge < -0.3 is 24.6 Å². The standard InChI is InChI=1S/C15H15NO6/c1-8(17)16-11-4-3-9(22-2)7-10(11)14(15(20)21)12(16)5-6-13(18)19/h3-7,12,14H,1-2H3,(H,18,19)(H,20,21)/p-1/b6-5+. The van der Waals surface area contributed by atoms with E-state index in [0.29, 0.717) is 17.0 Å². The normalized spacial score (nSPS) is 20.0. The molecule has 1 aliphatic heterocycles. The van der Waals surface area contributed by atoms with Crippen LogP contribution in [-0.2, 0) is 14.4 Å². The summed E-state index contributed by atoms with van der Waals surface area (Å²) < 4.78 is 5.08. The van der Waals surface area contributed by atoms with Gasteiger partial charge in [-0.15, -0.1) is 0 Å². The molecule has 0 bridgehead atoms. The van der Waals surface area contributed by atoms with Gasteiger partial charge in [-0.3, -0.25) is 9.59 Å². The Labute approximate surface area is 126 Å². The van der Waals surface area contributed by atoms with Crippen LogP contribution < -0.4 is 14.7 Å². The Balaban J connectivity index is 2.60. The molecule has 2 atom stereocenters. The van der Waals surface area contributed by atoms with Crippen LogP contribution >= 0.6 is 0 Å². The van der Waals surface area contributed by atoms with Crippen molar-refractivity contribution >= 4 is 23.5 Å². The van der Waals surface area contributed by atoms with Gasteiger partial charge in [0.2, 0.25) is 5.91 Å². The van der Waals surface area contributed by atoms with Gasteiger partial charge in [0.05, 0.1) is 19.1 Å². The average molecular weight is 304 g/mol. The summed E-state index contributed by atoms with van der Waals surface area (Å²) in [4.78, 5) is 35.4. The van der Waals surface area contributed by atoms with E-state index in [0.717, 1.165) is 12.2 Å². The number of amides is 1. The lowest BCUT2D eigenvalue weighted by Crippen LogP contribution is -2.38. The Bertz CT molecular complexity index is 666. The predicted octanol–water partition coefficient (Wildman–Crippen LogP) is -0.0954. The summed E-state index contributed by atoms with van der Waals surface area (Å²) in [5, 5.41) is 20.1. The maximum absolute atomic E-state index is 11.9. The van der Waals surface area contributed by atoms with Crippen molar-refractivity contribution in [1.29, 1.82) is 0 Å². The van der Waals surface area contributed by atoms with Gasteiger partial charge in [0.15, 0.2) is 0 Å². The topological polar surface area (TPSA) is 107 Å². The highest BCUT2D eigenvalue weighted by Gasteiger charge is 2.43. The van der Waals surface area contributed by atoms with E-state index in [9.17, 15) is 24.6 Å². The summed E-state index contributed by atoms with van der Waals surface area (Å²) in [7, 11) is 1.45. The first-order chi connectivity index (χ1) is 10.4. The van der Waals surface area contributed by atoms with Crippen LogP contribution in [0.4, 0.5) is 5.69 Å². The monoisotopic (exact) mass is 304 g/mol. The molecule has 2 rings (SSSR count). The number of ether oxygens (including phenoxy) is 1. The molecule has 0 aliphatic carbocycles. The third kappa shape index (κ3) is 2.65. The fourth-order valence-corrected chi connectivity index (χ4v) is 2.65. The van der Waals surface area contributed by atoms with Crippen LogP contribution in [-0.4, -0.2) is 36.1 Å². The van der Waals surface area contributed by atoms with Crippen molar-refractivity contribution in [1.82, 2.24) is 0 Å². The molecule has 0 saturated heterocycles. The molecule has 116 valence electrons. The summed E-state index contributed by atoms with van der Waals surface area (Å²) in [5.74, 6) is -3.63. The number of carbonyl (C=O) groups excluding carboxylic acids is 2. The molecule has 7 nitrogen and oxygen atoms in total. The molecule has 22 heavy (non-hydrogen) atoms. The molecule has 7 heteroatoms. The minimum absolute atomic E-state index is 0.386. The summed E-state index contributed by atoms with van der Waals surface area (Å²) in [6.07, 6.45) is 1.89. The Hall–Kier alpha value is -2.83. The first-order valence-electron chi connectivity index (χ1n) is 6.46. The third-order valence-electron chi connectivity index (χ3n) is 3.50. The number of aliphatic carboxylic acids is 2. The number of hydrogen-bond donors (Lipinski definition) is 1. The highest BCUT2D eigenvalue weighted by molar-refractivity contribution is 6.00. The van der Waals surface area contributed by atoms with E-state index in [4.69, 9.17) is 4.74 Å². The molecule has 1 aromatic rings. The van der Waals surface area contributed by atoms with Crippen LogP contribution in [0.15, 0.2) is 30.4 Å². The number of rotatable bonds is 4. The number of benzene rings is 1. The van der Waals surface area contributed by atoms with E-state index in [1.165, 1.54) is 25.0 Å². The number of methoxy groups -OCH3 is 1. The Morgan fingerprint density at radius 2 is 2.05 bits per heavy atom. The molecule has 0 aromatic heterocycles. The molecule has 0 saturated carbocycles. The maximum Gasteiger partial charge on any atom is 0.313 e. The molecular weight excluding hydrogens is 290 g/mol. The smallest absolute Gasteiger partial charge is 0.313 e. The lowest BCUT2D eigenvalue weighted by molar-refractivity contribution is -0.297. The molecule has 1 amide bonds. The zero-order chi connectivity index (χ0) is 16.4. The number of carbonyl (C=O) groups is 3. The summed E-state index contributed by atoms with van der Waals surface area (Å²) >= 11 is 0. The highest BCUT2D eigenvalue weighted by atomic mass is 16.5. The van der Waals surface area contributed by atoms with E-state index in [1.54, 1.807) is 12.1 Å². The van der Waals surface area contributed by atoms with Gasteiger partial charge >= 0.3 is 5.97 Å². The predicted molar refractivity (Wildman–Crippen MR) is 74.5 cm³/mol. The van der Waals surface area contributed by atoms with E-state index >= 15 is 0 Å². The zero-order valence-electron chi connectivity index (χ0n) is 12.0. The second-order valence-electron chi connectivity index (χ2n) is 4.80. The van der Waals surface area contributed by atoms with Gasteiger partial charge in [-0.2, -0.15) is 0 Å². The second kappa shape index (κ2) is 5.88. The van der Waals surface area contributed by atoms with E-state index in [-0.39, 0.29) is 5.91 Å². The number of anilines is 1. The molecule has 1 aliphatic rings. The van der Waals surface area contributed by atoms with Crippen molar-refractivity contribution in [3.05, 3.63) is 35.9 Å². The average Bonchev–Trinajstić information content (AvgIpc) is 2.78. The molecule has 0 fully saturated rings. The van der Waals surface area contributed by atoms with Crippen molar-refractivity contribution in [2.75, 3.05) is 12.0 Å². The van der Waals surface area contributed by atoms with Crippen molar-refractivity contribution in [3.63, 3.8) is 0 Å². The first-order valence-corrected chi connectivity index (χ1v) is 6.46. The number of carboxylic acids is 2. The van der Waals surface area contributed by atoms with Crippen LogP contribution in [0, 0.1) is 0 Å². The van der Waals surface area contributed by atoms with E-state index in [1.807, 2.05) is 0 Å². The van der Waals surface area contributed by atoms with Crippen LogP contribution in [0.3, 0.4) is 0 Å². The summed E-state index contributed by atoms with van der Waals surface area (Å²) in [6.45, 7) is 1.29. The van der Waals surface area contributed by atoms with Gasteiger partial charge in [-0.25, -0.2) is 0 Å². The quantitative estimate of drug-likeness (QED) is 0.779. The minimum Gasteiger partial charge on any atom is -0.545 e. The first kappa shape index (κ1) is 15.6. The fraction of sp³-hybridized carbons (Fsp3) is 0.267. The fourth-order valence-electron chi connectivity index (χ4n) is 2.65. The molecular formula is C15H14NO6-. The SMILES string of the molecule is COc1ccc2c(c1)C(C(=O)O)C(/C=C/C(=O)[O-])N2C(C)=O. The third-order valence-corrected chi connectivity index (χ3v) is 3.50. The van der Waals surface area contributed by atoms with Gasteiger partial charge in [-0.1, -0.05) is 6.08 Å². The molecule has 2 unspecified atom stereocenters. The summed E-state index contributed by atoms with van der Waals surface area (Å²) in [6, 6.07) is 3.79. The van der Waals surface area contributed by atoms with Gasteiger partial charge in [-0.05, 0) is 29.8 Å². The second-order valence-corrected chi connectivity index (χ2v) is 4.80. The minimum atomic E-state index is -1.46. The summed E-state index contributed by atoms with van der Waals surface area (Å²) in [5.41, 5.74) is 0.823. The molecule has 0 spiro atoms. The Morgan fingerprint density at radius 3 is 2.55 bits per heavy atom. The number of hydrogen-bond acceptors (Lipinski definition) is 5. The number of fused-ring (bicyclic) bond motifs is 1. The van der Waals surface area contributed by atoms with Crippen LogP contribution in [0.25, 0.3) is 0 Å². The molecule has 1 N–H and O–H groups in total. The Kier molecular flexibility index (Phi) is 4.16. The lowest BCUT2D eigenvalue weighted by atomic mass is 9.94. The van der Waals surface area contributed by atoms with E-state index in [2.05, 4.69) is 0 Å². The van der Waals surface area contributed by atoms with Crippen molar-refractivity contribution < 1.29 is 29.3 Å². The van der Waals surface area contributed by atoms with Crippen LogP contribution in [0.2, 0.25) is 0 Å². The molecule has 1 heterocycles. The maximum atomic E-state index is 11.9. The van der Waals surface area contributed by atoms with Crippen molar-refractivity contribution in [2.24, 2.45) is 0 Å².